The largest absolute Gasteiger partial charge is 0.434 e. The van der Waals surface area contributed by atoms with Gasteiger partial charge in [0.05, 0.1) is 28.4 Å². The molecule has 0 saturated carbocycles. The average Bonchev–Trinajstić information content (AvgIpc) is 3.31. The van der Waals surface area contributed by atoms with E-state index in [0.717, 1.165) is 6.07 Å². The van der Waals surface area contributed by atoms with Crippen molar-refractivity contribution in [3.63, 3.8) is 0 Å². The first-order valence-corrected chi connectivity index (χ1v) is 8.49. The Morgan fingerprint density at radius 1 is 0.968 bits per heavy atom. The first kappa shape index (κ1) is 20.4. The Hall–Kier alpha value is -3.90. The number of rotatable bonds is 3. The van der Waals surface area contributed by atoms with Gasteiger partial charge in [-0.15, -0.1) is 0 Å². The maximum atomic E-state index is 13.7. The lowest BCUT2D eigenvalue weighted by molar-refractivity contribution is -0.143. The van der Waals surface area contributed by atoms with Gasteiger partial charge in [0.1, 0.15) is 0 Å². The zero-order valence-corrected chi connectivity index (χ0v) is 15.1. The second kappa shape index (κ2) is 7.11. The number of nitrogens with one attached hydrogen (secondary N) is 2. The molecule has 0 aliphatic heterocycles. The number of para-hydroxylation sites is 2. The lowest BCUT2D eigenvalue weighted by Gasteiger charge is -2.12. The zero-order chi connectivity index (χ0) is 22.4. The summed E-state index contributed by atoms with van der Waals surface area (Å²) in [5, 5.41) is 5.74. The van der Waals surface area contributed by atoms with E-state index in [9.17, 15) is 31.1 Å². The van der Waals surface area contributed by atoms with Gasteiger partial charge in [-0.2, -0.15) is 31.4 Å². The maximum absolute atomic E-state index is 13.7. The van der Waals surface area contributed by atoms with Crippen LogP contribution in [0.3, 0.4) is 0 Å². The minimum atomic E-state index is -5.05. The van der Waals surface area contributed by atoms with Crippen LogP contribution in [0.15, 0.2) is 48.8 Å². The van der Waals surface area contributed by atoms with E-state index in [2.05, 4.69) is 25.4 Å². The summed E-state index contributed by atoms with van der Waals surface area (Å²) in [6.45, 7) is 0. The molecule has 1 amide bonds. The lowest BCUT2D eigenvalue weighted by atomic mass is 10.2. The van der Waals surface area contributed by atoms with Crippen LogP contribution in [0.4, 0.5) is 32.3 Å². The third kappa shape index (κ3) is 3.93. The van der Waals surface area contributed by atoms with Crippen LogP contribution < -0.4 is 5.32 Å². The topological polar surface area (TPSA) is 88.5 Å². The van der Waals surface area contributed by atoms with Gasteiger partial charge >= 0.3 is 12.4 Å². The van der Waals surface area contributed by atoms with Crippen LogP contribution in [0.25, 0.3) is 16.9 Å². The highest BCUT2D eigenvalue weighted by Crippen LogP contribution is 2.34. The predicted molar refractivity (Wildman–Crippen MR) is 95.4 cm³/mol. The Labute approximate surface area is 168 Å². The Morgan fingerprint density at radius 2 is 1.71 bits per heavy atom. The quantitative estimate of drug-likeness (QED) is 0.462. The first-order chi connectivity index (χ1) is 14.5. The highest BCUT2D eigenvalue weighted by Gasteiger charge is 2.41. The molecule has 0 fully saturated rings. The van der Waals surface area contributed by atoms with Crippen molar-refractivity contribution in [2.75, 3.05) is 5.32 Å². The summed E-state index contributed by atoms with van der Waals surface area (Å²) in [7, 11) is 0. The van der Waals surface area contributed by atoms with E-state index in [-0.39, 0.29) is 10.6 Å². The van der Waals surface area contributed by atoms with Crippen molar-refractivity contribution >= 4 is 22.9 Å². The van der Waals surface area contributed by atoms with Crippen LogP contribution >= 0.6 is 0 Å². The number of imidazole rings is 1. The minimum Gasteiger partial charge on any atom is -0.324 e. The number of aromatic amines is 1. The molecule has 0 aliphatic carbocycles. The van der Waals surface area contributed by atoms with Gasteiger partial charge in [-0.25, -0.2) is 14.6 Å². The van der Waals surface area contributed by atoms with Crippen molar-refractivity contribution < 1.29 is 31.1 Å². The number of benzene rings is 1. The average molecular weight is 440 g/mol. The number of hydrogen-bond donors (Lipinski definition) is 2. The van der Waals surface area contributed by atoms with E-state index >= 15 is 0 Å². The van der Waals surface area contributed by atoms with Crippen LogP contribution in [0.2, 0.25) is 0 Å². The van der Waals surface area contributed by atoms with Gasteiger partial charge in [-0.1, -0.05) is 12.1 Å². The van der Waals surface area contributed by atoms with Crippen LogP contribution in [0, 0.1) is 0 Å². The predicted octanol–water partition coefficient (Wildman–Crippen LogP) is 4.43. The molecule has 2 N–H and O–H groups in total. The Bertz CT molecular complexity index is 1220. The molecule has 160 valence electrons. The van der Waals surface area contributed by atoms with Crippen molar-refractivity contribution in [1.29, 1.82) is 0 Å². The smallest absolute Gasteiger partial charge is 0.324 e. The van der Waals surface area contributed by atoms with Crippen molar-refractivity contribution in [3.05, 3.63) is 65.6 Å². The number of hydrogen-bond acceptors (Lipinski definition) is 4. The molecule has 0 aliphatic rings. The second-order valence-corrected chi connectivity index (χ2v) is 6.28. The number of fused-ring (bicyclic) bond motifs is 1. The van der Waals surface area contributed by atoms with Crippen molar-refractivity contribution in [2.45, 2.75) is 12.4 Å². The van der Waals surface area contributed by atoms with Gasteiger partial charge in [0.15, 0.2) is 11.5 Å². The van der Waals surface area contributed by atoms with E-state index in [0.29, 0.717) is 29.5 Å². The van der Waals surface area contributed by atoms with Gasteiger partial charge in [0, 0.05) is 6.20 Å². The molecule has 0 radical (unpaired) electrons. The van der Waals surface area contributed by atoms with Crippen molar-refractivity contribution in [2.24, 2.45) is 0 Å². The van der Waals surface area contributed by atoms with Gasteiger partial charge < -0.3 is 4.98 Å². The molecule has 0 bridgehead atoms. The molecule has 3 aromatic heterocycles. The first-order valence-electron chi connectivity index (χ1n) is 8.49. The van der Waals surface area contributed by atoms with Gasteiger partial charge in [-0.3, -0.25) is 10.1 Å². The summed E-state index contributed by atoms with van der Waals surface area (Å²) in [4.78, 5) is 22.7. The number of carbonyl (C=O) groups is 1. The lowest BCUT2D eigenvalue weighted by Crippen LogP contribution is -2.21. The maximum Gasteiger partial charge on any atom is 0.434 e. The molecule has 0 saturated heterocycles. The fourth-order valence-corrected chi connectivity index (χ4v) is 2.83. The zero-order valence-electron chi connectivity index (χ0n) is 15.1. The Kier molecular flexibility index (Phi) is 4.67. The monoisotopic (exact) mass is 440 g/mol. The third-order valence-corrected chi connectivity index (χ3v) is 4.20. The minimum absolute atomic E-state index is 0.0836. The standard InChI is InChI=1S/C18H10F6N6O/c19-17(20,21)9-5-6-13(25-7-9)30-14(18(22,23)24)10(8-26-30)15(31)29-16-27-11-3-1-2-4-12(11)28-16/h1-8H,(H2,27,28,29,31). The number of alkyl halides is 6. The molecule has 31 heavy (non-hydrogen) atoms. The molecule has 7 nitrogen and oxygen atoms in total. The van der Waals surface area contributed by atoms with E-state index in [1.165, 1.54) is 0 Å². The van der Waals surface area contributed by atoms with E-state index in [1.54, 1.807) is 24.3 Å². The third-order valence-electron chi connectivity index (χ3n) is 4.20. The summed E-state index contributed by atoms with van der Waals surface area (Å²) >= 11 is 0. The number of halogens is 6. The van der Waals surface area contributed by atoms with Crippen molar-refractivity contribution in [3.8, 4) is 5.82 Å². The van der Waals surface area contributed by atoms with Gasteiger partial charge in [0.25, 0.3) is 5.91 Å². The highest BCUT2D eigenvalue weighted by molar-refractivity contribution is 6.04. The molecule has 4 rings (SSSR count). The summed E-state index contributed by atoms with van der Waals surface area (Å²) in [6, 6.07) is 7.99. The normalized spacial score (nSPS) is 12.3. The highest BCUT2D eigenvalue weighted by atomic mass is 19.4. The molecular formula is C18H10F6N6O. The van der Waals surface area contributed by atoms with Gasteiger partial charge in [0.2, 0.25) is 5.95 Å². The molecule has 3 heterocycles. The fourth-order valence-electron chi connectivity index (χ4n) is 2.83. The number of amides is 1. The van der Waals surface area contributed by atoms with Crippen molar-refractivity contribution in [1.82, 2.24) is 24.7 Å². The summed E-state index contributed by atoms with van der Waals surface area (Å²) < 4.78 is 79.4. The summed E-state index contributed by atoms with van der Waals surface area (Å²) in [5.41, 5.74) is -2.44. The molecule has 1 aromatic carbocycles. The van der Waals surface area contributed by atoms with Crippen LogP contribution in [-0.2, 0) is 12.4 Å². The molecule has 0 atom stereocenters. The second-order valence-electron chi connectivity index (χ2n) is 6.28. The number of nitrogens with zero attached hydrogens (tertiary/aromatic N) is 4. The Morgan fingerprint density at radius 3 is 2.32 bits per heavy atom. The molecule has 13 heteroatoms. The molecular weight excluding hydrogens is 430 g/mol. The summed E-state index contributed by atoms with van der Waals surface area (Å²) in [5.74, 6) is -1.78. The number of H-pyrrole nitrogens is 1. The van der Waals surface area contributed by atoms with E-state index < -0.39 is 40.9 Å². The number of carbonyl (C=O) groups excluding carboxylic acids is 1. The Balaban J connectivity index is 1.70. The fraction of sp³-hybridized carbons (Fsp3) is 0.111. The summed E-state index contributed by atoms with van der Waals surface area (Å²) in [6.07, 6.45) is -8.73. The van der Waals surface area contributed by atoms with Gasteiger partial charge in [-0.05, 0) is 24.3 Å². The molecule has 0 unspecified atom stereocenters. The van der Waals surface area contributed by atoms with E-state index in [1.807, 2.05) is 0 Å². The van der Waals surface area contributed by atoms with E-state index in [4.69, 9.17) is 0 Å². The SMILES string of the molecule is O=C(Nc1nc2ccccc2[nH]1)c1cnn(-c2ccc(C(F)(F)F)cn2)c1C(F)(F)F. The number of aromatic nitrogens is 5. The number of anilines is 1. The molecule has 0 spiro atoms. The van der Waals surface area contributed by atoms with Crippen LogP contribution in [-0.4, -0.2) is 30.6 Å². The molecule has 4 aromatic rings. The van der Waals surface area contributed by atoms with Crippen LogP contribution in [0.5, 0.6) is 0 Å². The van der Waals surface area contributed by atoms with Crippen LogP contribution in [0.1, 0.15) is 21.6 Å². The number of pyridine rings is 1.